The second-order valence-corrected chi connectivity index (χ2v) is 8.05. The van der Waals surface area contributed by atoms with Gasteiger partial charge >= 0.3 is 0 Å². The Balaban J connectivity index is 1.80. The summed E-state index contributed by atoms with van der Waals surface area (Å²) in [5.74, 6) is 0. The van der Waals surface area contributed by atoms with Crippen molar-refractivity contribution in [2.75, 3.05) is 0 Å². The molecule has 0 unspecified atom stereocenters. The van der Waals surface area contributed by atoms with Crippen molar-refractivity contribution >= 4 is 11.6 Å². The molecule has 1 heterocycles. The minimum absolute atomic E-state index is 0.334. The van der Waals surface area contributed by atoms with Gasteiger partial charge in [-0.15, -0.1) is 0 Å². The smallest absolute Gasteiger partial charge is 0.109 e. The standard InChI is InChI=1S/C23H25ClN2O2/c1-2-16-3-5-17(6-4-16)21-15-22(23(28)13-11-20(27)12-14-23)25-26(21)19-9-7-18(24)8-10-19/h3-10,15,20,27-28H,2,11-14H2,1H3. The van der Waals surface area contributed by atoms with E-state index in [9.17, 15) is 10.2 Å². The molecule has 3 aromatic rings. The number of rotatable bonds is 4. The van der Waals surface area contributed by atoms with Crippen LogP contribution in [-0.4, -0.2) is 26.1 Å². The molecule has 1 aliphatic carbocycles. The molecular formula is C23H25ClN2O2. The van der Waals surface area contributed by atoms with Crippen LogP contribution < -0.4 is 0 Å². The largest absolute Gasteiger partial charge is 0.393 e. The molecule has 4 nitrogen and oxygen atoms in total. The van der Waals surface area contributed by atoms with Crippen molar-refractivity contribution in [2.45, 2.75) is 50.7 Å². The Morgan fingerprint density at radius 2 is 1.71 bits per heavy atom. The van der Waals surface area contributed by atoms with Gasteiger partial charge in [-0.2, -0.15) is 5.10 Å². The zero-order chi connectivity index (χ0) is 19.7. The fraction of sp³-hybridized carbons (Fsp3) is 0.348. The first kappa shape index (κ1) is 19.2. The Hall–Kier alpha value is -2.14. The van der Waals surface area contributed by atoms with Gasteiger partial charge in [0.15, 0.2) is 0 Å². The molecule has 5 heteroatoms. The second-order valence-electron chi connectivity index (χ2n) is 7.62. The SMILES string of the molecule is CCc1ccc(-c2cc(C3(O)CCC(O)CC3)nn2-c2ccc(Cl)cc2)cc1. The van der Waals surface area contributed by atoms with Crippen molar-refractivity contribution in [3.63, 3.8) is 0 Å². The lowest BCUT2D eigenvalue weighted by molar-refractivity contribution is -0.0393. The van der Waals surface area contributed by atoms with Crippen LogP contribution in [0.1, 0.15) is 43.9 Å². The number of hydrogen-bond donors (Lipinski definition) is 2. The van der Waals surface area contributed by atoms with E-state index in [4.69, 9.17) is 16.7 Å². The van der Waals surface area contributed by atoms with Crippen LogP contribution >= 0.6 is 11.6 Å². The summed E-state index contributed by atoms with van der Waals surface area (Å²) in [7, 11) is 0. The van der Waals surface area contributed by atoms with Gasteiger partial charge in [-0.05, 0) is 68.0 Å². The molecule has 1 fully saturated rings. The van der Waals surface area contributed by atoms with Gasteiger partial charge < -0.3 is 10.2 Å². The predicted molar refractivity (Wildman–Crippen MR) is 112 cm³/mol. The molecule has 1 aromatic heterocycles. The number of halogens is 1. The summed E-state index contributed by atoms with van der Waals surface area (Å²) < 4.78 is 1.87. The summed E-state index contributed by atoms with van der Waals surface area (Å²) in [6, 6.07) is 18.0. The molecule has 0 saturated heterocycles. The highest BCUT2D eigenvalue weighted by atomic mass is 35.5. The van der Waals surface area contributed by atoms with Gasteiger partial charge in [0, 0.05) is 10.6 Å². The average molecular weight is 397 g/mol. The molecule has 1 aliphatic rings. The molecule has 1 saturated carbocycles. The van der Waals surface area contributed by atoms with E-state index in [1.807, 2.05) is 35.0 Å². The summed E-state index contributed by atoms with van der Waals surface area (Å²) >= 11 is 6.06. The van der Waals surface area contributed by atoms with Crippen LogP contribution in [0.5, 0.6) is 0 Å². The van der Waals surface area contributed by atoms with E-state index >= 15 is 0 Å². The van der Waals surface area contributed by atoms with Gasteiger partial charge in [0.25, 0.3) is 0 Å². The number of aryl methyl sites for hydroxylation is 1. The number of benzene rings is 2. The van der Waals surface area contributed by atoms with Crippen LogP contribution in [0.25, 0.3) is 16.9 Å². The second kappa shape index (κ2) is 7.70. The third-order valence-corrected chi connectivity index (χ3v) is 5.95. The Morgan fingerprint density at radius 3 is 2.32 bits per heavy atom. The van der Waals surface area contributed by atoms with Gasteiger partial charge in [0.1, 0.15) is 5.60 Å². The molecule has 2 aromatic carbocycles. The number of nitrogens with zero attached hydrogens (tertiary/aromatic N) is 2. The lowest BCUT2D eigenvalue weighted by Crippen LogP contribution is -2.33. The van der Waals surface area contributed by atoms with E-state index in [0.29, 0.717) is 36.4 Å². The Kier molecular flexibility index (Phi) is 5.28. The van der Waals surface area contributed by atoms with Crippen molar-refractivity contribution < 1.29 is 10.2 Å². The minimum Gasteiger partial charge on any atom is -0.393 e. The molecule has 0 amide bonds. The molecule has 0 atom stereocenters. The Bertz CT molecular complexity index is 940. The van der Waals surface area contributed by atoms with Crippen LogP contribution in [0.2, 0.25) is 5.02 Å². The molecule has 2 N–H and O–H groups in total. The van der Waals surface area contributed by atoms with E-state index < -0.39 is 5.60 Å². The molecule has 0 bridgehead atoms. The summed E-state index contributed by atoms with van der Waals surface area (Å²) in [5.41, 5.74) is 3.80. The van der Waals surface area contributed by atoms with E-state index in [2.05, 4.69) is 31.2 Å². The van der Waals surface area contributed by atoms with Gasteiger partial charge in [0.05, 0.1) is 23.2 Å². The summed E-state index contributed by atoms with van der Waals surface area (Å²) in [4.78, 5) is 0. The normalized spacial score (nSPS) is 22.4. The van der Waals surface area contributed by atoms with Crippen molar-refractivity contribution in [1.29, 1.82) is 0 Å². The highest BCUT2D eigenvalue weighted by Gasteiger charge is 2.37. The van der Waals surface area contributed by atoms with E-state index in [0.717, 1.165) is 23.4 Å². The number of hydrogen-bond acceptors (Lipinski definition) is 3. The first-order valence-electron chi connectivity index (χ1n) is 9.85. The van der Waals surface area contributed by atoms with Crippen LogP contribution in [0, 0.1) is 0 Å². The third kappa shape index (κ3) is 3.72. The van der Waals surface area contributed by atoms with Crippen LogP contribution in [0.3, 0.4) is 0 Å². The Labute approximate surface area is 170 Å². The van der Waals surface area contributed by atoms with Crippen LogP contribution in [0.15, 0.2) is 54.6 Å². The first-order chi connectivity index (χ1) is 13.5. The highest BCUT2D eigenvalue weighted by molar-refractivity contribution is 6.30. The summed E-state index contributed by atoms with van der Waals surface area (Å²) in [6.45, 7) is 2.14. The maximum absolute atomic E-state index is 11.2. The summed E-state index contributed by atoms with van der Waals surface area (Å²) in [6.07, 6.45) is 2.86. The minimum atomic E-state index is -1.00. The van der Waals surface area contributed by atoms with Crippen molar-refractivity contribution in [2.24, 2.45) is 0 Å². The number of aliphatic hydroxyl groups is 2. The fourth-order valence-corrected chi connectivity index (χ4v) is 3.97. The molecule has 0 aliphatic heterocycles. The van der Waals surface area contributed by atoms with E-state index in [1.165, 1.54) is 5.56 Å². The highest BCUT2D eigenvalue weighted by Crippen LogP contribution is 2.38. The Morgan fingerprint density at radius 1 is 1.07 bits per heavy atom. The zero-order valence-corrected chi connectivity index (χ0v) is 16.7. The van der Waals surface area contributed by atoms with E-state index in [-0.39, 0.29) is 6.10 Å². The average Bonchev–Trinajstić information content (AvgIpc) is 3.17. The number of aromatic nitrogens is 2. The van der Waals surface area contributed by atoms with Gasteiger partial charge in [-0.25, -0.2) is 4.68 Å². The van der Waals surface area contributed by atoms with Crippen molar-refractivity contribution in [1.82, 2.24) is 9.78 Å². The maximum atomic E-state index is 11.2. The van der Waals surface area contributed by atoms with Gasteiger partial charge in [-0.1, -0.05) is 42.8 Å². The summed E-state index contributed by atoms with van der Waals surface area (Å²) in [5, 5.41) is 26.5. The number of aliphatic hydroxyl groups excluding tert-OH is 1. The monoisotopic (exact) mass is 396 g/mol. The van der Waals surface area contributed by atoms with E-state index in [1.54, 1.807) is 0 Å². The topological polar surface area (TPSA) is 58.3 Å². The van der Waals surface area contributed by atoms with Crippen molar-refractivity contribution in [3.8, 4) is 16.9 Å². The predicted octanol–water partition coefficient (Wildman–Crippen LogP) is 4.88. The lowest BCUT2D eigenvalue weighted by Gasteiger charge is -2.32. The fourth-order valence-electron chi connectivity index (χ4n) is 3.84. The zero-order valence-electron chi connectivity index (χ0n) is 16.0. The lowest BCUT2D eigenvalue weighted by atomic mass is 9.81. The quantitative estimate of drug-likeness (QED) is 0.660. The molecular weight excluding hydrogens is 372 g/mol. The van der Waals surface area contributed by atoms with Crippen molar-refractivity contribution in [3.05, 3.63) is 70.9 Å². The first-order valence-corrected chi connectivity index (χ1v) is 10.2. The van der Waals surface area contributed by atoms with Gasteiger partial charge in [0.2, 0.25) is 0 Å². The maximum Gasteiger partial charge on any atom is 0.109 e. The third-order valence-electron chi connectivity index (χ3n) is 5.70. The van der Waals surface area contributed by atoms with Crippen LogP contribution in [0.4, 0.5) is 0 Å². The molecule has 0 spiro atoms. The molecule has 4 rings (SSSR count). The molecule has 0 radical (unpaired) electrons. The molecule has 28 heavy (non-hydrogen) atoms. The van der Waals surface area contributed by atoms with Crippen LogP contribution in [-0.2, 0) is 12.0 Å². The van der Waals surface area contributed by atoms with Gasteiger partial charge in [-0.3, -0.25) is 0 Å². The molecule has 146 valence electrons.